The highest BCUT2D eigenvalue weighted by molar-refractivity contribution is 5.93. The predicted octanol–water partition coefficient (Wildman–Crippen LogP) is 1.86. The van der Waals surface area contributed by atoms with E-state index in [4.69, 9.17) is 0 Å². The van der Waals surface area contributed by atoms with Gasteiger partial charge in [0, 0.05) is 51.4 Å². The van der Waals surface area contributed by atoms with E-state index >= 15 is 0 Å². The van der Waals surface area contributed by atoms with Gasteiger partial charge in [0.05, 0.1) is 0 Å². The van der Waals surface area contributed by atoms with Crippen molar-refractivity contribution in [3.63, 3.8) is 0 Å². The van der Waals surface area contributed by atoms with Crippen LogP contribution in [-0.4, -0.2) is 70.3 Å². The Bertz CT molecular complexity index is 670. The third kappa shape index (κ3) is 3.97. The van der Waals surface area contributed by atoms with E-state index in [9.17, 15) is 9.59 Å². The first-order valence-corrected chi connectivity index (χ1v) is 9.66. The molecular weight excluding hydrogens is 330 g/mol. The average molecular weight is 359 g/mol. The summed E-state index contributed by atoms with van der Waals surface area (Å²) in [5.41, 5.74) is 1.28. The maximum absolute atomic E-state index is 12.9. The zero-order valence-corrected chi connectivity index (χ0v) is 16.1. The van der Waals surface area contributed by atoms with E-state index < -0.39 is 0 Å². The van der Waals surface area contributed by atoms with Gasteiger partial charge in [-0.05, 0) is 38.7 Å². The van der Waals surface area contributed by atoms with Crippen LogP contribution in [0.5, 0.6) is 0 Å². The van der Waals surface area contributed by atoms with Crippen LogP contribution in [0.2, 0.25) is 0 Å². The number of hydrogen-bond acceptors (Lipinski definition) is 5. The lowest BCUT2D eigenvalue weighted by atomic mass is 10.0. The van der Waals surface area contributed by atoms with Crippen molar-refractivity contribution in [3.05, 3.63) is 17.5 Å². The molecule has 2 saturated heterocycles. The van der Waals surface area contributed by atoms with Gasteiger partial charge in [-0.1, -0.05) is 6.92 Å². The van der Waals surface area contributed by atoms with E-state index in [1.807, 2.05) is 6.92 Å². The highest BCUT2D eigenvalue weighted by atomic mass is 16.2. The Hall–Kier alpha value is -2.18. The molecule has 1 aromatic rings. The minimum absolute atomic E-state index is 0.0629. The number of aryl methyl sites for hydroxylation is 1. The molecule has 2 aliphatic heterocycles. The zero-order valence-electron chi connectivity index (χ0n) is 16.1. The molecule has 0 N–H and O–H groups in total. The van der Waals surface area contributed by atoms with Crippen LogP contribution in [0.25, 0.3) is 0 Å². The van der Waals surface area contributed by atoms with Crippen molar-refractivity contribution in [2.75, 3.05) is 37.6 Å². The van der Waals surface area contributed by atoms with Gasteiger partial charge in [0.15, 0.2) is 0 Å². The Kier molecular flexibility index (Phi) is 5.74. The molecule has 0 aromatic carbocycles. The predicted molar refractivity (Wildman–Crippen MR) is 100 cm³/mol. The van der Waals surface area contributed by atoms with E-state index in [0.29, 0.717) is 43.9 Å². The van der Waals surface area contributed by atoms with Crippen LogP contribution in [-0.2, 0) is 4.79 Å². The largest absolute Gasteiger partial charge is 0.339 e. The van der Waals surface area contributed by atoms with E-state index in [1.54, 1.807) is 22.8 Å². The van der Waals surface area contributed by atoms with Crippen molar-refractivity contribution in [1.82, 2.24) is 19.8 Å². The Morgan fingerprint density at radius 1 is 1.08 bits per heavy atom. The lowest BCUT2D eigenvalue weighted by molar-refractivity contribution is -0.130. The molecule has 1 unspecified atom stereocenters. The SMILES string of the molecule is CCC1CCCCN1c1nc(C)cc(C(=O)N2CCN(C(C)=O)CC2)n1. The number of piperidine rings is 1. The minimum atomic E-state index is -0.0648. The first-order chi connectivity index (χ1) is 12.5. The van der Waals surface area contributed by atoms with Gasteiger partial charge in [-0.3, -0.25) is 9.59 Å². The molecule has 0 radical (unpaired) electrons. The number of carbonyl (C=O) groups is 2. The topological polar surface area (TPSA) is 69.6 Å². The first-order valence-electron chi connectivity index (χ1n) is 9.66. The van der Waals surface area contributed by atoms with Crippen molar-refractivity contribution in [2.45, 2.75) is 52.5 Å². The lowest BCUT2D eigenvalue weighted by Crippen LogP contribution is -2.50. The fourth-order valence-electron chi connectivity index (χ4n) is 3.87. The molecule has 0 saturated carbocycles. The molecule has 0 bridgehead atoms. The molecule has 7 heteroatoms. The van der Waals surface area contributed by atoms with Gasteiger partial charge in [-0.2, -0.15) is 0 Å². The lowest BCUT2D eigenvalue weighted by Gasteiger charge is -2.36. The molecular formula is C19H29N5O2. The van der Waals surface area contributed by atoms with E-state index in [2.05, 4.69) is 21.8 Å². The molecule has 3 rings (SSSR count). The summed E-state index contributed by atoms with van der Waals surface area (Å²) in [6, 6.07) is 2.22. The highest BCUT2D eigenvalue weighted by Gasteiger charge is 2.27. The third-order valence-corrected chi connectivity index (χ3v) is 5.43. The fraction of sp³-hybridized carbons (Fsp3) is 0.684. The fourth-order valence-corrected chi connectivity index (χ4v) is 3.87. The smallest absolute Gasteiger partial charge is 0.272 e. The normalized spacial score (nSPS) is 21.0. The summed E-state index contributed by atoms with van der Waals surface area (Å²) in [7, 11) is 0. The van der Waals surface area contributed by atoms with E-state index in [1.165, 1.54) is 6.42 Å². The maximum atomic E-state index is 12.9. The molecule has 2 fully saturated rings. The Morgan fingerprint density at radius 2 is 1.77 bits per heavy atom. The van der Waals surface area contributed by atoms with Gasteiger partial charge in [-0.15, -0.1) is 0 Å². The molecule has 142 valence electrons. The van der Waals surface area contributed by atoms with Gasteiger partial charge < -0.3 is 14.7 Å². The third-order valence-electron chi connectivity index (χ3n) is 5.43. The molecule has 3 heterocycles. The molecule has 0 aliphatic carbocycles. The van der Waals surface area contributed by atoms with Crippen molar-refractivity contribution in [2.24, 2.45) is 0 Å². The second-order valence-electron chi connectivity index (χ2n) is 7.24. The average Bonchev–Trinajstić information content (AvgIpc) is 2.67. The summed E-state index contributed by atoms with van der Waals surface area (Å²) in [6.45, 7) is 8.91. The summed E-state index contributed by atoms with van der Waals surface area (Å²) < 4.78 is 0. The van der Waals surface area contributed by atoms with E-state index in [0.717, 1.165) is 31.5 Å². The number of anilines is 1. The quantitative estimate of drug-likeness (QED) is 0.824. The van der Waals surface area contributed by atoms with Crippen LogP contribution < -0.4 is 4.90 Å². The van der Waals surface area contributed by atoms with Gasteiger partial charge in [0.2, 0.25) is 11.9 Å². The Labute approximate surface area is 155 Å². The molecule has 26 heavy (non-hydrogen) atoms. The number of amides is 2. The van der Waals surface area contributed by atoms with Crippen LogP contribution in [0.15, 0.2) is 6.07 Å². The van der Waals surface area contributed by atoms with Gasteiger partial charge >= 0.3 is 0 Å². The Balaban J connectivity index is 1.77. The standard InChI is InChI=1S/C19H29N5O2/c1-4-16-7-5-6-8-24(16)19-20-14(2)13-17(21-19)18(26)23-11-9-22(10-12-23)15(3)25/h13,16H,4-12H2,1-3H3. The van der Waals surface area contributed by atoms with Crippen LogP contribution in [0.4, 0.5) is 5.95 Å². The van der Waals surface area contributed by atoms with E-state index in [-0.39, 0.29) is 11.8 Å². The van der Waals surface area contributed by atoms with Crippen molar-refractivity contribution >= 4 is 17.8 Å². The van der Waals surface area contributed by atoms with Crippen LogP contribution >= 0.6 is 0 Å². The highest BCUT2D eigenvalue weighted by Crippen LogP contribution is 2.24. The number of hydrogen-bond donors (Lipinski definition) is 0. The second-order valence-corrected chi connectivity index (χ2v) is 7.24. The number of piperazine rings is 1. The van der Waals surface area contributed by atoms with Crippen molar-refractivity contribution in [3.8, 4) is 0 Å². The van der Waals surface area contributed by atoms with Crippen LogP contribution in [0.1, 0.15) is 55.7 Å². The molecule has 0 spiro atoms. The monoisotopic (exact) mass is 359 g/mol. The van der Waals surface area contributed by atoms with Gasteiger partial charge in [0.1, 0.15) is 5.69 Å². The zero-order chi connectivity index (χ0) is 18.7. The maximum Gasteiger partial charge on any atom is 0.272 e. The number of nitrogens with zero attached hydrogens (tertiary/aromatic N) is 5. The van der Waals surface area contributed by atoms with Crippen LogP contribution in [0.3, 0.4) is 0 Å². The Morgan fingerprint density at radius 3 is 2.42 bits per heavy atom. The van der Waals surface area contributed by atoms with Gasteiger partial charge in [0.25, 0.3) is 5.91 Å². The van der Waals surface area contributed by atoms with Gasteiger partial charge in [-0.25, -0.2) is 9.97 Å². The molecule has 7 nitrogen and oxygen atoms in total. The molecule has 2 amide bonds. The summed E-state index contributed by atoms with van der Waals surface area (Å²) in [5.74, 6) is 0.681. The van der Waals surface area contributed by atoms with Crippen LogP contribution in [0, 0.1) is 6.92 Å². The second kappa shape index (κ2) is 8.01. The number of aromatic nitrogens is 2. The molecule has 2 aliphatic rings. The summed E-state index contributed by atoms with van der Waals surface area (Å²) in [6.07, 6.45) is 4.61. The number of carbonyl (C=O) groups excluding carboxylic acids is 2. The summed E-state index contributed by atoms with van der Waals surface area (Å²) in [5, 5.41) is 0. The van der Waals surface area contributed by atoms with Crippen molar-refractivity contribution < 1.29 is 9.59 Å². The number of rotatable bonds is 3. The minimum Gasteiger partial charge on any atom is -0.339 e. The molecule has 1 atom stereocenters. The van der Waals surface area contributed by atoms with Crippen molar-refractivity contribution in [1.29, 1.82) is 0 Å². The summed E-state index contributed by atoms with van der Waals surface area (Å²) >= 11 is 0. The molecule has 1 aromatic heterocycles. The first kappa shape index (κ1) is 18.6. The summed E-state index contributed by atoms with van der Waals surface area (Å²) in [4.78, 5) is 39.5.